The van der Waals surface area contributed by atoms with Crippen LogP contribution in [0.5, 0.6) is 0 Å². The van der Waals surface area contributed by atoms with Crippen LogP contribution in [-0.4, -0.2) is 221 Å². The SMILES string of the molecule is CCc1cc(C(=O)OC)cc(Br)n1.CCc1cc(C(=O)OC)cc(C)n1.CNc1cc(-c2nnnn2C)cc(C)n1.CNc1cc(C2=CCN=C2)ccn1.CNc1cc(C2=NCC(C)=N2)cc(C)n1.CNc1cc(C2=NCC=N2)cc(C)n1.CNc1cc(C2CC2)nn1C.CNc1cc(C2CC2)nn1C.CNc1cc(C2CC2)nn1C.CNc1cc(C2CC2)nn1C. The minimum Gasteiger partial charge on any atom is -0.465 e. The standard InChI is InChI=1S/C11H14N4.C10H12N4.C10H11N3.C10H13NO2.C9H10BrNO2.C9H12N6.4C8H13N3/c1-7-4-9(5-10(12-3)14-7)11-13-6-8(2)15-11;1-7-5-8(6-9(11-2)14-7)10-12-3-4-13-10;1-11-10-6-8(3-5-13-10)9-2-4-12-7-9;1-4-9-6-8(10(12)13-3)5-7(2)11-9;1-3-7-4-6(9(12)13-2)5-8(10)11-7;1-6-4-7(5-8(10-2)11-6)9-12-13-14-15(9)3;4*1-9-8-5-7(6-3-4-6)10-11(8)2/h4-5H,6H2,1-3H3,(H,12,14);3,5-6H,4H2,1-2H3,(H,11,14);2-3,5-7H,4H2,1H3,(H,11,13);5-6H,4H2,1-3H3;4-5H,3H2,1-2H3;4-5H,1-3H3,(H,10,11);4*5-6,9H,3-4H2,1-2H3. The number of halogens is 1. The van der Waals surface area contributed by atoms with Gasteiger partial charge in [-0.2, -0.15) is 20.4 Å². The topological polar surface area (TPSA) is 403 Å². The van der Waals surface area contributed by atoms with E-state index in [-0.39, 0.29) is 11.9 Å². The number of rotatable bonds is 20. The molecule has 4 aliphatic carbocycles. The van der Waals surface area contributed by atoms with Crippen molar-refractivity contribution >= 4 is 110 Å². The Morgan fingerprint density at radius 3 is 1.21 bits per heavy atom. The number of aromatic nitrogens is 18. The molecule has 0 spiro atoms. The van der Waals surface area contributed by atoms with Crippen LogP contribution in [0, 0.1) is 27.7 Å². The first kappa shape index (κ1) is 97.5. The fourth-order valence-electron chi connectivity index (χ4n) is 12.9. The van der Waals surface area contributed by atoms with Crippen molar-refractivity contribution < 1.29 is 19.1 Å². The maximum absolute atomic E-state index is 11.2. The van der Waals surface area contributed by atoms with E-state index in [2.05, 4.69) is 189 Å². The molecule has 0 aromatic carbocycles. The molecule has 0 radical (unpaired) electrons. The fourth-order valence-corrected chi connectivity index (χ4v) is 13.4. The summed E-state index contributed by atoms with van der Waals surface area (Å²) in [5.74, 6) is 12.5. The van der Waals surface area contributed by atoms with Gasteiger partial charge in [-0.25, -0.2) is 49.2 Å². The minimum absolute atomic E-state index is 0.305. The number of ether oxygens (including phenoxy) is 2. The summed E-state index contributed by atoms with van der Waals surface area (Å²) in [5, 5.41) is 53.4. The molecule has 0 atom stereocenters. The number of carbonyl (C=O) groups excluding carboxylic acids is 2. The number of tetrazole rings is 1. The fraction of sp³-hybridized carbons (Fsp3) is 0.429. The number of nitrogens with one attached hydrogen (secondary N) is 8. The molecule has 127 heavy (non-hydrogen) atoms. The molecular weight excluding hydrogens is 1670 g/mol. The first-order chi connectivity index (χ1) is 61.2. The summed E-state index contributed by atoms with van der Waals surface area (Å²) in [5.41, 5.74) is 18.0. The summed E-state index contributed by atoms with van der Waals surface area (Å²) in [6.07, 6.45) is 19.8. The van der Waals surface area contributed by atoms with Gasteiger partial charge in [0.2, 0.25) is 0 Å². The monoisotopic (exact) mass is 1790 g/mol. The number of aryl methyl sites for hydroxylation is 11. The summed E-state index contributed by atoms with van der Waals surface area (Å²) in [7, 11) is 27.5. The highest BCUT2D eigenvalue weighted by Crippen LogP contribution is 2.42. The second-order valence-electron chi connectivity index (χ2n) is 30.6. The number of carbonyl (C=O) groups is 2. The molecule has 0 saturated heterocycles. The highest BCUT2D eigenvalue weighted by atomic mass is 79.9. The first-order valence-electron chi connectivity index (χ1n) is 42.6. The Labute approximate surface area is 753 Å². The van der Waals surface area contributed by atoms with Crippen LogP contribution in [-0.2, 0) is 57.6 Å². The third kappa shape index (κ3) is 30.3. The summed E-state index contributed by atoms with van der Waals surface area (Å²) in [4.78, 5) is 69.2. The van der Waals surface area contributed by atoms with Crippen LogP contribution in [0.25, 0.3) is 17.0 Å². The summed E-state index contributed by atoms with van der Waals surface area (Å²) >= 11 is 3.23. The second-order valence-corrected chi connectivity index (χ2v) is 31.4. The van der Waals surface area contributed by atoms with Gasteiger partial charge in [0.25, 0.3) is 0 Å². The van der Waals surface area contributed by atoms with E-state index >= 15 is 0 Å². The lowest BCUT2D eigenvalue weighted by atomic mass is 10.1. The average Bonchev–Trinajstić information content (AvgIpc) is 1.68. The average molecular weight is 1800 g/mol. The number of aliphatic imine (C=N–C) groups is 5. The first-order valence-corrected chi connectivity index (χ1v) is 43.4. The quantitative estimate of drug-likeness (QED) is 0.0259. The lowest BCUT2D eigenvalue weighted by Crippen LogP contribution is -2.04. The zero-order valence-corrected chi connectivity index (χ0v) is 78.9. The van der Waals surface area contributed by atoms with Crippen LogP contribution in [0.1, 0.15) is 190 Å². The largest absolute Gasteiger partial charge is 0.465 e. The smallest absolute Gasteiger partial charge is 0.338 e. The number of hydrogen-bond acceptors (Lipinski definition) is 30. The number of methoxy groups -OCH3 is 2. The number of amidine groups is 2. The molecule has 4 saturated carbocycles. The van der Waals surface area contributed by atoms with Crippen LogP contribution in [0.3, 0.4) is 0 Å². The van der Waals surface area contributed by atoms with Crippen LogP contribution >= 0.6 is 15.9 Å². The molecule has 4 fully saturated rings. The van der Waals surface area contributed by atoms with E-state index in [9.17, 15) is 9.59 Å². The summed E-state index contributed by atoms with van der Waals surface area (Å²) in [6.45, 7) is 15.9. The molecule has 8 N–H and O–H groups in total. The maximum atomic E-state index is 11.2. The van der Waals surface area contributed by atoms with Gasteiger partial charge in [-0.3, -0.25) is 38.7 Å². The van der Waals surface area contributed by atoms with E-state index in [1.165, 1.54) is 99.5 Å². The van der Waals surface area contributed by atoms with Crippen molar-refractivity contribution in [1.82, 2.24) is 89.2 Å². The van der Waals surface area contributed by atoms with Gasteiger partial charge in [0.1, 0.15) is 51.1 Å². The molecule has 18 rings (SSSR count). The number of anilines is 8. The van der Waals surface area contributed by atoms with E-state index < -0.39 is 0 Å². The Morgan fingerprint density at radius 1 is 0.449 bits per heavy atom. The third-order valence-electron chi connectivity index (χ3n) is 20.3. The Hall–Kier alpha value is -13.3. The van der Waals surface area contributed by atoms with Crippen LogP contribution in [0.4, 0.5) is 46.5 Å². The lowest BCUT2D eigenvalue weighted by molar-refractivity contribution is 0.0591. The Morgan fingerprint density at radius 2 is 0.858 bits per heavy atom. The number of esters is 2. The maximum Gasteiger partial charge on any atom is 0.338 e. The highest BCUT2D eigenvalue weighted by molar-refractivity contribution is 9.10. The van der Waals surface area contributed by atoms with Crippen LogP contribution in [0.2, 0.25) is 0 Å². The Kier molecular flexibility index (Phi) is 37.1. The highest BCUT2D eigenvalue weighted by Gasteiger charge is 2.30. The molecule has 36 heteroatoms. The molecular formula is C91H124BrN31O4. The normalized spacial score (nSPS) is 13.9. The van der Waals surface area contributed by atoms with Gasteiger partial charge < -0.3 is 52.0 Å². The number of allylic oxidation sites excluding steroid dienone is 1. The van der Waals surface area contributed by atoms with Gasteiger partial charge in [0.05, 0.1) is 67.8 Å². The molecule has 7 aliphatic rings. The predicted octanol–water partition coefficient (Wildman–Crippen LogP) is 14.4. The predicted molar refractivity (Wildman–Crippen MR) is 514 cm³/mol. The molecule has 0 bridgehead atoms. The van der Waals surface area contributed by atoms with E-state index in [0.717, 1.165) is 164 Å². The van der Waals surface area contributed by atoms with Gasteiger partial charge in [0.15, 0.2) is 17.5 Å². The van der Waals surface area contributed by atoms with Gasteiger partial charge in [-0.15, -0.1) is 5.10 Å². The number of hydrogen-bond donors (Lipinski definition) is 8. The van der Waals surface area contributed by atoms with Crippen LogP contribution in [0.15, 0.2) is 139 Å². The number of nitrogens with zero attached hydrogens (tertiary/aromatic N) is 23. The molecule has 0 unspecified atom stereocenters. The molecule has 0 amide bonds. The van der Waals surface area contributed by atoms with Crippen LogP contribution < -0.4 is 42.5 Å². The van der Waals surface area contributed by atoms with Gasteiger partial charge in [0, 0.05) is 215 Å². The van der Waals surface area contributed by atoms with E-state index in [1.54, 1.807) is 35.1 Å². The molecule has 11 aromatic rings. The molecule has 3 aliphatic heterocycles. The van der Waals surface area contributed by atoms with Gasteiger partial charge >= 0.3 is 11.9 Å². The lowest BCUT2D eigenvalue weighted by Gasteiger charge is -2.04. The van der Waals surface area contributed by atoms with Crippen molar-refractivity contribution in [3.05, 3.63) is 199 Å². The molecule has 14 heterocycles. The Bertz CT molecular complexity index is 5360. The van der Waals surface area contributed by atoms with Crippen molar-refractivity contribution in [2.45, 2.75) is 136 Å². The molecule has 11 aromatic heterocycles. The molecule has 674 valence electrons. The number of pyridine rings is 6. The zero-order valence-electron chi connectivity index (χ0n) is 77.3. The van der Waals surface area contributed by atoms with Gasteiger partial charge in [-0.1, -0.05) is 19.9 Å². The van der Waals surface area contributed by atoms with Crippen molar-refractivity contribution in [2.75, 3.05) is 133 Å². The van der Waals surface area contributed by atoms with E-state index in [4.69, 9.17) is 0 Å². The Balaban J connectivity index is 0.000000160. The van der Waals surface area contributed by atoms with E-state index in [0.29, 0.717) is 28.8 Å². The second kappa shape index (κ2) is 48.3. The zero-order chi connectivity index (χ0) is 91.8. The van der Waals surface area contributed by atoms with Gasteiger partial charge in [-0.05, 0) is 209 Å². The van der Waals surface area contributed by atoms with E-state index in [1.807, 2.05) is 220 Å². The summed E-state index contributed by atoms with van der Waals surface area (Å²) in [6, 6.07) is 31.2. The van der Waals surface area contributed by atoms with Crippen molar-refractivity contribution in [3.63, 3.8) is 0 Å². The molecule has 35 nitrogen and oxygen atoms in total. The van der Waals surface area contributed by atoms with Crippen molar-refractivity contribution in [2.24, 2.45) is 60.2 Å². The minimum atomic E-state index is -0.335. The summed E-state index contributed by atoms with van der Waals surface area (Å²) < 4.78 is 19.1. The van der Waals surface area contributed by atoms with Crippen molar-refractivity contribution in [1.29, 1.82) is 0 Å². The third-order valence-corrected chi connectivity index (χ3v) is 20.7. The van der Waals surface area contributed by atoms with Crippen molar-refractivity contribution in [3.8, 4) is 11.4 Å².